The van der Waals surface area contributed by atoms with Crippen molar-refractivity contribution in [3.05, 3.63) is 32.6 Å². The predicted octanol–water partition coefficient (Wildman–Crippen LogP) is -1.02. The van der Waals surface area contributed by atoms with E-state index in [4.69, 9.17) is 5.73 Å². The molecule has 0 aliphatic rings. The molecule has 146 valence electrons. The molecule has 0 bridgehead atoms. The fraction of sp³-hybridized carbons (Fsp3) is 0.647. The Kier molecular flexibility index (Phi) is 8.94. The second kappa shape index (κ2) is 10.7. The zero-order valence-corrected chi connectivity index (χ0v) is 15.7. The van der Waals surface area contributed by atoms with Crippen molar-refractivity contribution in [1.82, 2.24) is 19.8 Å². The van der Waals surface area contributed by atoms with Crippen molar-refractivity contribution in [3.8, 4) is 0 Å². The fourth-order valence-corrected chi connectivity index (χ4v) is 2.63. The van der Waals surface area contributed by atoms with E-state index in [1.54, 1.807) is 14.0 Å². The number of ketones is 1. The summed E-state index contributed by atoms with van der Waals surface area (Å²) in [6.45, 7) is 3.69. The van der Waals surface area contributed by atoms with Crippen LogP contribution in [0.4, 0.5) is 0 Å². The van der Waals surface area contributed by atoms with Crippen molar-refractivity contribution < 1.29 is 9.59 Å². The molecule has 9 nitrogen and oxygen atoms in total. The minimum absolute atomic E-state index is 0.0228. The second-order valence-corrected chi connectivity index (χ2v) is 6.45. The van der Waals surface area contributed by atoms with E-state index in [1.807, 2.05) is 0 Å². The lowest BCUT2D eigenvalue weighted by atomic mass is 10.1. The monoisotopic (exact) mass is 367 g/mol. The maximum absolute atomic E-state index is 12.7. The zero-order chi connectivity index (χ0) is 19.7. The van der Waals surface area contributed by atoms with Gasteiger partial charge in [0.2, 0.25) is 5.91 Å². The van der Waals surface area contributed by atoms with Crippen LogP contribution in [0.3, 0.4) is 0 Å². The highest BCUT2D eigenvalue weighted by atomic mass is 16.2. The van der Waals surface area contributed by atoms with E-state index in [0.717, 1.165) is 23.8 Å². The Bertz CT molecular complexity index is 725. The normalized spacial score (nSPS) is 12.0. The molecule has 1 aromatic rings. The Labute approximate surface area is 152 Å². The molecule has 9 heteroatoms. The molecule has 1 heterocycles. The van der Waals surface area contributed by atoms with E-state index in [0.29, 0.717) is 18.7 Å². The summed E-state index contributed by atoms with van der Waals surface area (Å²) < 4.78 is 1.15. The van der Waals surface area contributed by atoms with Gasteiger partial charge in [0, 0.05) is 24.3 Å². The van der Waals surface area contributed by atoms with Gasteiger partial charge >= 0.3 is 5.69 Å². The number of likely N-dealkylation sites (N-methyl/N-ethyl adjacent to an activating group) is 1. The first-order chi connectivity index (χ1) is 12.3. The Balaban J connectivity index is 2.88. The highest BCUT2D eigenvalue weighted by Crippen LogP contribution is 2.04. The smallest absolute Gasteiger partial charge is 0.328 e. The highest BCUT2D eigenvalue weighted by molar-refractivity contribution is 5.84. The number of aryl methyl sites for hydroxylation is 1. The van der Waals surface area contributed by atoms with Crippen molar-refractivity contribution in [2.75, 3.05) is 26.7 Å². The Morgan fingerprint density at radius 1 is 1.35 bits per heavy atom. The van der Waals surface area contributed by atoms with Crippen molar-refractivity contribution in [2.45, 2.75) is 45.7 Å². The average Bonchev–Trinajstić information content (AvgIpc) is 2.57. The van der Waals surface area contributed by atoms with Crippen LogP contribution in [0.15, 0.2) is 15.8 Å². The van der Waals surface area contributed by atoms with Crippen molar-refractivity contribution in [2.24, 2.45) is 5.73 Å². The van der Waals surface area contributed by atoms with E-state index < -0.39 is 11.2 Å². The van der Waals surface area contributed by atoms with E-state index in [9.17, 15) is 19.2 Å². The number of nitrogens with two attached hydrogens (primary N) is 1. The number of carbonyl (C=O) groups excluding carboxylic acids is 2. The molecule has 1 amide bonds. The molecule has 0 radical (unpaired) electrons. The Morgan fingerprint density at radius 2 is 2.04 bits per heavy atom. The third kappa shape index (κ3) is 6.93. The Hall–Kier alpha value is -2.26. The van der Waals surface area contributed by atoms with Crippen LogP contribution in [0, 0.1) is 6.92 Å². The summed E-state index contributed by atoms with van der Waals surface area (Å²) in [7, 11) is 1.80. The number of aromatic nitrogens is 2. The van der Waals surface area contributed by atoms with Gasteiger partial charge in [-0.2, -0.15) is 0 Å². The molecular weight excluding hydrogens is 338 g/mol. The lowest BCUT2D eigenvalue weighted by molar-refractivity contribution is -0.135. The number of rotatable bonds is 11. The summed E-state index contributed by atoms with van der Waals surface area (Å²) in [6, 6.07) is 0.0267. The maximum atomic E-state index is 12.7. The second-order valence-electron chi connectivity index (χ2n) is 6.45. The topological polar surface area (TPSA) is 130 Å². The number of hydrogen-bond donors (Lipinski definition) is 3. The first-order valence-electron chi connectivity index (χ1n) is 8.73. The van der Waals surface area contributed by atoms with Gasteiger partial charge in [-0.1, -0.05) is 6.42 Å². The number of hydrogen-bond acceptors (Lipinski definition) is 6. The van der Waals surface area contributed by atoms with E-state index in [2.05, 4.69) is 10.3 Å². The minimum Gasteiger partial charge on any atom is -0.332 e. The summed E-state index contributed by atoms with van der Waals surface area (Å²) in [5.41, 5.74) is 4.72. The van der Waals surface area contributed by atoms with E-state index in [-0.39, 0.29) is 30.8 Å². The first kappa shape index (κ1) is 21.8. The lowest BCUT2D eigenvalue weighted by Gasteiger charge is -2.27. The van der Waals surface area contributed by atoms with Crippen molar-refractivity contribution in [1.29, 1.82) is 0 Å². The average molecular weight is 367 g/mol. The van der Waals surface area contributed by atoms with Gasteiger partial charge in [-0.15, -0.1) is 0 Å². The Morgan fingerprint density at radius 3 is 2.62 bits per heavy atom. The number of amides is 1. The molecule has 0 aliphatic carbocycles. The summed E-state index contributed by atoms with van der Waals surface area (Å²) in [6.07, 6.45) is 3.99. The third-order valence-corrected chi connectivity index (χ3v) is 4.12. The highest BCUT2D eigenvalue weighted by Gasteiger charge is 2.20. The molecule has 1 atom stereocenters. The van der Waals surface area contributed by atoms with Gasteiger partial charge < -0.3 is 16.0 Å². The molecule has 0 aliphatic heterocycles. The van der Waals surface area contributed by atoms with Gasteiger partial charge in [0.05, 0.1) is 6.54 Å². The number of aromatic amines is 1. The van der Waals surface area contributed by atoms with Gasteiger partial charge in [0.15, 0.2) is 0 Å². The van der Waals surface area contributed by atoms with Gasteiger partial charge in [0.25, 0.3) is 5.56 Å². The largest absolute Gasteiger partial charge is 0.332 e. The summed E-state index contributed by atoms with van der Waals surface area (Å²) >= 11 is 0. The van der Waals surface area contributed by atoms with Crippen LogP contribution in [-0.4, -0.2) is 58.9 Å². The molecule has 1 rings (SSSR count). The van der Waals surface area contributed by atoms with Gasteiger partial charge in [-0.25, -0.2) is 4.79 Å². The van der Waals surface area contributed by atoms with Crippen molar-refractivity contribution in [3.63, 3.8) is 0 Å². The number of carbonyl (C=O) groups is 2. The number of Topliss-reactive ketones (excluding diaryl/α,β-unsaturated/α-hetero) is 1. The molecule has 0 fully saturated rings. The SMILES string of the molecule is CNC(CCCCN)CN(CC(C)=O)C(=O)Cn1cc(C)c(=O)[nH]c1=O. The first-order valence-corrected chi connectivity index (χ1v) is 8.73. The molecule has 0 aromatic carbocycles. The van der Waals surface area contributed by atoms with E-state index in [1.165, 1.54) is 18.0 Å². The number of unbranched alkanes of at least 4 members (excludes halogenated alkanes) is 1. The quantitative estimate of drug-likeness (QED) is 0.429. The van der Waals surface area contributed by atoms with Crippen LogP contribution in [0.25, 0.3) is 0 Å². The van der Waals surface area contributed by atoms with Crippen LogP contribution in [0.2, 0.25) is 0 Å². The standard InChI is InChI=1S/C17H29N5O4/c1-12-8-22(17(26)20-16(12)25)11-15(24)21(9-13(2)23)10-14(19-3)6-4-5-7-18/h8,14,19H,4-7,9-11,18H2,1-3H3,(H,20,25,26). The molecule has 1 unspecified atom stereocenters. The van der Waals surface area contributed by atoms with Crippen LogP contribution in [-0.2, 0) is 16.1 Å². The molecule has 1 aromatic heterocycles. The molecule has 4 N–H and O–H groups in total. The lowest BCUT2D eigenvalue weighted by Crippen LogP contribution is -2.46. The summed E-state index contributed by atoms with van der Waals surface area (Å²) in [5.74, 6) is -0.493. The van der Waals surface area contributed by atoms with Gasteiger partial charge in [-0.3, -0.25) is 23.9 Å². The molecule has 26 heavy (non-hydrogen) atoms. The zero-order valence-electron chi connectivity index (χ0n) is 15.7. The van der Waals surface area contributed by atoms with E-state index >= 15 is 0 Å². The van der Waals surface area contributed by atoms with Crippen LogP contribution in [0.5, 0.6) is 0 Å². The number of nitrogens with one attached hydrogen (secondary N) is 2. The summed E-state index contributed by atoms with van der Waals surface area (Å²) in [4.78, 5) is 51.1. The van der Waals surface area contributed by atoms with Gasteiger partial charge in [0.1, 0.15) is 12.3 Å². The predicted molar refractivity (Wildman–Crippen MR) is 99.1 cm³/mol. The van der Waals surface area contributed by atoms with Crippen LogP contribution in [0.1, 0.15) is 31.7 Å². The number of nitrogens with zero attached hydrogens (tertiary/aromatic N) is 2. The minimum atomic E-state index is -0.648. The maximum Gasteiger partial charge on any atom is 0.328 e. The van der Waals surface area contributed by atoms with Crippen LogP contribution >= 0.6 is 0 Å². The summed E-state index contributed by atoms with van der Waals surface area (Å²) in [5, 5.41) is 3.15. The molecule has 0 spiro atoms. The third-order valence-electron chi connectivity index (χ3n) is 4.12. The molecule has 0 saturated heterocycles. The van der Waals surface area contributed by atoms with Crippen molar-refractivity contribution >= 4 is 11.7 Å². The number of H-pyrrole nitrogens is 1. The van der Waals surface area contributed by atoms with Crippen LogP contribution < -0.4 is 22.3 Å². The molecule has 0 saturated carbocycles. The fourth-order valence-electron chi connectivity index (χ4n) is 2.63. The van der Waals surface area contributed by atoms with Gasteiger partial charge in [-0.05, 0) is 40.3 Å². The molecular formula is C17H29N5O4.